The van der Waals surface area contributed by atoms with Crippen LogP contribution in [0.4, 0.5) is 0 Å². The third-order valence-corrected chi connectivity index (χ3v) is 22.6. The third-order valence-electron chi connectivity index (χ3n) is 20.6. The minimum atomic E-state index is -4.78. The van der Waals surface area contributed by atoms with Crippen LogP contribution >= 0.6 is 15.6 Å². The van der Waals surface area contributed by atoms with Gasteiger partial charge in [0.15, 0.2) is 0 Å². The van der Waals surface area contributed by atoms with E-state index in [-0.39, 0.29) is 89.0 Å². The number of unbranched alkanes of at least 4 members (excludes halogenated alkanes) is 39. The van der Waals surface area contributed by atoms with Crippen LogP contribution in [0.15, 0.2) is 24.3 Å². The Morgan fingerprint density at radius 1 is 0.360 bits per heavy atom. The van der Waals surface area contributed by atoms with E-state index in [9.17, 15) is 48.0 Å². The summed E-state index contributed by atoms with van der Waals surface area (Å²) in [6.07, 6.45) is 62.5. The Labute approximate surface area is 694 Å². The van der Waals surface area contributed by atoms with E-state index in [4.69, 9.17) is 42.8 Å². The zero-order valence-electron chi connectivity index (χ0n) is 73.3. The fourth-order valence-corrected chi connectivity index (χ4v) is 15.1. The van der Waals surface area contributed by atoms with E-state index in [1.807, 2.05) is 0 Å². The summed E-state index contributed by atoms with van der Waals surface area (Å²) in [7, 11) is -9.54. The molecular weight excluding hydrogens is 1490 g/mol. The predicted octanol–water partition coefficient (Wildman–Crippen LogP) is 21.1. The van der Waals surface area contributed by atoms with Gasteiger partial charge in [-0.2, -0.15) is 0 Å². The SMILES string of the molecule is CCCCCC/C=C\CCCC(=O)OC(CCCCCCC)CCOCC(COP(=O)(O)OCCNC(=O)C(CCCCN)C(=O)NCCOP(=O)(O)OCC(COCCC(CCCCCCC)OC(=O)CCC/C=C\CCCCCC)NC(O)CCCCCCCCCCCCC)NC(=O)CCCCCCCCCCCCC. The maximum absolute atomic E-state index is 13.6. The van der Waals surface area contributed by atoms with E-state index in [0.29, 0.717) is 83.6 Å². The Morgan fingerprint density at radius 2 is 0.693 bits per heavy atom. The number of hydrogen-bond donors (Lipinski definition) is 8. The molecule has 0 aliphatic heterocycles. The Kier molecular flexibility index (Phi) is 79.9. The number of hydrogen-bond acceptors (Lipinski definition) is 18. The number of amides is 3. The molecule has 23 nitrogen and oxygen atoms in total. The molecule has 0 aliphatic carbocycles. The second kappa shape index (κ2) is 82.2. The molecule has 9 N–H and O–H groups in total. The maximum Gasteiger partial charge on any atom is 0.472 e. The van der Waals surface area contributed by atoms with Gasteiger partial charge in [0, 0.05) is 45.2 Å². The van der Waals surface area contributed by atoms with Gasteiger partial charge in [-0.25, -0.2) is 9.13 Å². The highest BCUT2D eigenvalue weighted by molar-refractivity contribution is 7.47. The fourth-order valence-electron chi connectivity index (χ4n) is 13.5. The summed E-state index contributed by atoms with van der Waals surface area (Å²) in [6.45, 7) is 11.6. The molecule has 0 aromatic heterocycles. The smallest absolute Gasteiger partial charge is 0.462 e. The topological polar surface area (TPSA) is 328 Å². The van der Waals surface area contributed by atoms with E-state index < -0.39 is 71.5 Å². The van der Waals surface area contributed by atoms with Crippen LogP contribution in [0.1, 0.15) is 408 Å². The van der Waals surface area contributed by atoms with Crippen LogP contribution in [-0.2, 0) is 70.1 Å². The maximum atomic E-state index is 13.6. The molecule has 0 bridgehead atoms. The summed E-state index contributed by atoms with van der Waals surface area (Å²) >= 11 is 0. The molecule has 3 amide bonds. The first-order valence-corrected chi connectivity index (χ1v) is 49.4. The monoisotopic (exact) mass is 1660 g/mol. The molecule has 0 fully saturated rings. The number of carbonyl (C=O) groups is 5. The van der Waals surface area contributed by atoms with Gasteiger partial charge in [-0.05, 0) is 116 Å². The van der Waals surface area contributed by atoms with Crippen molar-refractivity contribution < 1.29 is 85.0 Å². The highest BCUT2D eigenvalue weighted by atomic mass is 31.2. The van der Waals surface area contributed by atoms with Gasteiger partial charge in [-0.3, -0.25) is 47.4 Å². The van der Waals surface area contributed by atoms with Crippen molar-refractivity contribution in [3.8, 4) is 0 Å². The van der Waals surface area contributed by atoms with Gasteiger partial charge in [0.2, 0.25) is 17.7 Å². The molecule has 0 saturated heterocycles. The van der Waals surface area contributed by atoms with Crippen molar-refractivity contribution in [3.05, 3.63) is 24.3 Å². The number of phosphoric acid groups is 2. The van der Waals surface area contributed by atoms with Crippen LogP contribution in [0.5, 0.6) is 0 Å². The lowest BCUT2D eigenvalue weighted by atomic mass is 10.00. The van der Waals surface area contributed by atoms with E-state index >= 15 is 0 Å². The molecule has 114 heavy (non-hydrogen) atoms. The number of nitrogens with two attached hydrogens (primary N) is 1. The van der Waals surface area contributed by atoms with Gasteiger partial charge in [0.1, 0.15) is 24.4 Å². The third kappa shape index (κ3) is 75.1. The Balaban J connectivity index is 5.90. The summed E-state index contributed by atoms with van der Waals surface area (Å²) in [5.74, 6) is -3.35. The summed E-state index contributed by atoms with van der Waals surface area (Å²) in [4.78, 5) is 88.6. The molecule has 0 radical (unpaired) electrons. The first kappa shape index (κ1) is 111. The zero-order valence-corrected chi connectivity index (χ0v) is 75.1. The van der Waals surface area contributed by atoms with Crippen LogP contribution < -0.4 is 27.0 Å². The van der Waals surface area contributed by atoms with Crippen molar-refractivity contribution in [3.63, 3.8) is 0 Å². The first-order valence-electron chi connectivity index (χ1n) is 46.5. The fraction of sp³-hybridized carbons (Fsp3) is 0.899. The molecule has 0 spiro atoms. The van der Waals surface area contributed by atoms with Crippen molar-refractivity contribution in [1.29, 1.82) is 0 Å². The van der Waals surface area contributed by atoms with Gasteiger partial charge in [-0.15, -0.1) is 0 Å². The summed E-state index contributed by atoms with van der Waals surface area (Å²) < 4.78 is 72.5. The molecule has 8 atom stereocenters. The lowest BCUT2D eigenvalue weighted by Crippen LogP contribution is -2.44. The molecule has 0 aromatic rings. The van der Waals surface area contributed by atoms with E-state index in [2.05, 4.69) is 87.1 Å². The predicted molar refractivity (Wildman–Crippen MR) is 464 cm³/mol. The van der Waals surface area contributed by atoms with Crippen molar-refractivity contribution in [2.45, 2.75) is 438 Å². The lowest BCUT2D eigenvalue weighted by molar-refractivity contribution is -0.151. The van der Waals surface area contributed by atoms with Gasteiger partial charge < -0.3 is 55.5 Å². The molecule has 0 aromatic carbocycles. The van der Waals surface area contributed by atoms with Crippen molar-refractivity contribution in [1.82, 2.24) is 21.3 Å². The Hall–Kier alpha value is -3.15. The molecular formula is C89H173N5O18P2. The molecule has 0 heterocycles. The minimum absolute atomic E-state index is 0.000993. The van der Waals surface area contributed by atoms with Gasteiger partial charge >= 0.3 is 27.6 Å². The van der Waals surface area contributed by atoms with Crippen LogP contribution in [-0.4, -0.2) is 148 Å². The largest absolute Gasteiger partial charge is 0.472 e. The van der Waals surface area contributed by atoms with Crippen molar-refractivity contribution in [2.24, 2.45) is 11.7 Å². The molecule has 0 rings (SSSR count). The Bertz CT molecular complexity index is 2380. The minimum Gasteiger partial charge on any atom is -0.462 e. The zero-order chi connectivity index (χ0) is 83.7. The van der Waals surface area contributed by atoms with Crippen LogP contribution in [0.2, 0.25) is 0 Å². The van der Waals surface area contributed by atoms with Crippen LogP contribution in [0.3, 0.4) is 0 Å². The number of rotatable bonds is 89. The summed E-state index contributed by atoms with van der Waals surface area (Å²) in [5, 5.41) is 22.4. The van der Waals surface area contributed by atoms with Crippen molar-refractivity contribution in [2.75, 3.05) is 72.5 Å². The standard InChI is InChI=1S/C89H173N5O18P2/c1-7-13-19-25-29-33-35-39-41-47-53-62-84(95)93-79(75-105-71-66-81(59-51-45-23-17-11-5)111-86(97)64-55-49-43-37-31-27-21-15-9-3)77-109-113(101,102)107-73-69-91-88(99)83(61-57-58-68-90)89(100)92-70-74-108-114(103,104)110-78-80(94-85(96)63-54-48-42-40-36-34-30-26-20-14-8-2)76-106-72-67-82(60-52-46-24-18-12-6)112-87(98)65-56-50-44-38-32-28-22-16-10-4/h37-38,43-44,79-84,93,95H,7-36,39-42,45-78,90H2,1-6H3,(H,91,99)(H,92,100)(H,94,96)(H,101,102)(H,103,104)/b43-37-,44-38-. The van der Waals surface area contributed by atoms with E-state index in [0.717, 1.165) is 135 Å². The number of nitrogens with one attached hydrogen (secondary N) is 4. The van der Waals surface area contributed by atoms with Gasteiger partial charge in [-0.1, -0.05) is 291 Å². The summed E-state index contributed by atoms with van der Waals surface area (Å²) in [5.41, 5.74) is 5.77. The average molecular weight is 1660 g/mol. The van der Waals surface area contributed by atoms with Crippen LogP contribution in [0.25, 0.3) is 0 Å². The quantitative estimate of drug-likeness (QED) is 0.00700. The summed E-state index contributed by atoms with van der Waals surface area (Å²) in [6, 6.07) is -1.58. The Morgan fingerprint density at radius 3 is 1.09 bits per heavy atom. The van der Waals surface area contributed by atoms with E-state index in [1.54, 1.807) is 0 Å². The van der Waals surface area contributed by atoms with Gasteiger partial charge in [0.05, 0.1) is 64.9 Å². The highest BCUT2D eigenvalue weighted by Gasteiger charge is 2.30. The second-order valence-corrected chi connectivity index (χ2v) is 34.6. The molecule has 672 valence electrons. The number of aliphatic hydroxyl groups is 1. The van der Waals surface area contributed by atoms with Gasteiger partial charge in [0.25, 0.3) is 0 Å². The lowest BCUT2D eigenvalue weighted by Gasteiger charge is -2.24. The number of esters is 2. The molecule has 25 heteroatoms. The normalized spacial score (nSPS) is 14.5. The number of ether oxygens (including phenoxy) is 4. The highest BCUT2D eigenvalue weighted by Crippen LogP contribution is 2.44. The van der Waals surface area contributed by atoms with Crippen LogP contribution in [0, 0.1) is 5.92 Å². The molecule has 0 saturated carbocycles. The molecule has 8 unspecified atom stereocenters. The molecule has 0 aliphatic rings. The number of aliphatic hydroxyl groups excluding tert-OH is 1. The number of carbonyl (C=O) groups excluding carboxylic acids is 5. The first-order chi connectivity index (χ1) is 55.4. The van der Waals surface area contributed by atoms with Crippen molar-refractivity contribution >= 4 is 45.3 Å². The average Bonchev–Trinajstić information content (AvgIpc) is 0.894. The number of allylic oxidation sites excluding steroid dienone is 4. The van der Waals surface area contributed by atoms with E-state index in [1.165, 1.54) is 141 Å². The number of phosphoric ester groups is 2. The second-order valence-electron chi connectivity index (χ2n) is 31.7.